The van der Waals surface area contributed by atoms with Crippen molar-refractivity contribution in [3.8, 4) is 0 Å². The summed E-state index contributed by atoms with van der Waals surface area (Å²) in [6, 6.07) is -0.383. The Morgan fingerprint density at radius 3 is 2.57 bits per heavy atom. The molecule has 7 heteroatoms. The molecular weight excluding hydrogens is 290 g/mol. The van der Waals surface area contributed by atoms with Crippen molar-refractivity contribution in [3.05, 3.63) is 5.89 Å². The van der Waals surface area contributed by atoms with Gasteiger partial charge in [0.05, 0.1) is 0 Å². The zero-order valence-electron chi connectivity index (χ0n) is 13.6. The van der Waals surface area contributed by atoms with Gasteiger partial charge >= 0.3 is 6.09 Å². The van der Waals surface area contributed by atoms with Crippen LogP contribution in [0.4, 0.5) is 4.79 Å². The minimum Gasteiger partial charge on any atom is -0.444 e. The average molecular weight is 315 g/mol. The third-order valence-corrected chi connectivity index (χ3v) is 3.30. The fourth-order valence-electron chi connectivity index (χ4n) is 1.38. The van der Waals surface area contributed by atoms with Gasteiger partial charge < -0.3 is 14.5 Å². The summed E-state index contributed by atoms with van der Waals surface area (Å²) < 4.78 is 10.7. The van der Waals surface area contributed by atoms with E-state index in [1.807, 2.05) is 20.8 Å². The number of thioether (sulfide) groups is 1. The first-order chi connectivity index (χ1) is 9.67. The largest absolute Gasteiger partial charge is 0.444 e. The number of hydrogen-bond acceptors (Lipinski definition) is 6. The van der Waals surface area contributed by atoms with E-state index in [4.69, 9.17) is 9.15 Å². The molecule has 0 saturated carbocycles. The Hall–Kier alpha value is -1.24. The highest BCUT2D eigenvalue weighted by Crippen LogP contribution is 2.21. The van der Waals surface area contributed by atoms with E-state index in [1.165, 1.54) is 11.8 Å². The van der Waals surface area contributed by atoms with E-state index < -0.39 is 11.7 Å². The molecule has 0 radical (unpaired) electrons. The Kier molecular flexibility index (Phi) is 6.51. The summed E-state index contributed by atoms with van der Waals surface area (Å²) in [5, 5.41) is 11.1. The summed E-state index contributed by atoms with van der Waals surface area (Å²) in [5.74, 6) is 1.97. The minimum absolute atomic E-state index is 0.382. The van der Waals surface area contributed by atoms with Crippen molar-refractivity contribution in [1.82, 2.24) is 15.5 Å². The van der Waals surface area contributed by atoms with Crippen molar-refractivity contribution in [2.45, 2.75) is 64.8 Å². The molecule has 1 atom stereocenters. The van der Waals surface area contributed by atoms with Crippen molar-refractivity contribution in [1.29, 1.82) is 0 Å². The molecule has 21 heavy (non-hydrogen) atoms. The highest BCUT2D eigenvalue weighted by Gasteiger charge is 2.21. The fraction of sp³-hybridized carbons (Fsp3) is 0.786. The van der Waals surface area contributed by atoms with E-state index in [0.717, 1.165) is 12.2 Å². The first kappa shape index (κ1) is 17.8. The zero-order chi connectivity index (χ0) is 16.0. The number of aromatic nitrogens is 2. The van der Waals surface area contributed by atoms with Gasteiger partial charge in [0.15, 0.2) is 0 Å². The first-order valence-electron chi connectivity index (χ1n) is 7.13. The van der Waals surface area contributed by atoms with Gasteiger partial charge in [-0.15, -0.1) is 10.2 Å². The molecule has 0 aliphatic heterocycles. The number of rotatable bonds is 6. The van der Waals surface area contributed by atoms with Gasteiger partial charge in [-0.2, -0.15) is 0 Å². The van der Waals surface area contributed by atoms with Crippen LogP contribution >= 0.6 is 11.8 Å². The number of nitrogens with zero attached hydrogens (tertiary/aromatic N) is 2. The van der Waals surface area contributed by atoms with Crippen LogP contribution in [0.3, 0.4) is 0 Å². The second-order valence-electron chi connectivity index (χ2n) is 6.31. The van der Waals surface area contributed by atoms with Crippen LogP contribution < -0.4 is 5.32 Å². The molecule has 0 aromatic carbocycles. The van der Waals surface area contributed by atoms with Crippen molar-refractivity contribution < 1.29 is 13.9 Å². The Morgan fingerprint density at radius 2 is 2.00 bits per heavy atom. The van der Waals surface area contributed by atoms with Gasteiger partial charge in [-0.3, -0.25) is 0 Å². The third-order valence-electron chi connectivity index (χ3n) is 2.45. The molecule has 0 aliphatic rings. The second kappa shape index (κ2) is 7.68. The SMILES string of the molecule is CC(C)CCSc1nnc(C(C)NC(=O)OC(C)(C)C)o1. The molecule has 6 nitrogen and oxygen atoms in total. The highest BCUT2D eigenvalue weighted by molar-refractivity contribution is 7.99. The van der Waals surface area contributed by atoms with Crippen LogP contribution in [0.5, 0.6) is 0 Å². The fourth-order valence-corrected chi connectivity index (χ4v) is 2.39. The Bertz CT molecular complexity index is 455. The topological polar surface area (TPSA) is 77.2 Å². The molecule has 1 amide bonds. The van der Waals surface area contributed by atoms with Gasteiger partial charge in [0, 0.05) is 5.75 Å². The maximum Gasteiger partial charge on any atom is 0.408 e. The Balaban J connectivity index is 2.46. The minimum atomic E-state index is -0.531. The normalized spacial score (nSPS) is 13.3. The standard InChI is InChI=1S/C14H25N3O3S/c1-9(2)7-8-21-13-17-16-11(19-13)10(3)15-12(18)20-14(4,5)6/h9-10H,7-8H2,1-6H3,(H,15,18). The lowest BCUT2D eigenvalue weighted by atomic mass is 10.2. The molecule has 0 aliphatic carbocycles. The second-order valence-corrected chi connectivity index (χ2v) is 7.35. The third kappa shape index (κ3) is 7.36. The molecule has 1 rings (SSSR count). The van der Waals surface area contributed by atoms with Crippen molar-refractivity contribution in [2.75, 3.05) is 5.75 Å². The van der Waals surface area contributed by atoms with Crippen molar-refractivity contribution in [3.63, 3.8) is 0 Å². The number of ether oxygens (including phenoxy) is 1. The predicted octanol–water partition coefficient (Wildman–Crippen LogP) is 3.79. The number of amides is 1. The van der Waals surface area contributed by atoms with Gasteiger partial charge in [-0.1, -0.05) is 25.6 Å². The lowest BCUT2D eigenvalue weighted by Gasteiger charge is -2.20. The number of hydrogen-bond donors (Lipinski definition) is 1. The van der Waals surface area contributed by atoms with Crippen LogP contribution in [-0.4, -0.2) is 27.6 Å². The molecular formula is C14H25N3O3S. The van der Waals surface area contributed by atoms with Crippen molar-refractivity contribution in [2.24, 2.45) is 5.92 Å². The number of nitrogens with one attached hydrogen (secondary N) is 1. The molecule has 1 unspecified atom stereocenters. The number of alkyl carbamates (subject to hydrolysis) is 1. The van der Waals surface area contributed by atoms with Crippen LogP contribution in [-0.2, 0) is 4.74 Å². The van der Waals surface area contributed by atoms with Gasteiger partial charge in [0.2, 0.25) is 5.89 Å². The van der Waals surface area contributed by atoms with Crippen LogP contribution in [0.1, 0.15) is 59.9 Å². The van der Waals surface area contributed by atoms with Crippen LogP contribution in [0.15, 0.2) is 9.64 Å². The van der Waals surface area contributed by atoms with Crippen LogP contribution in [0.2, 0.25) is 0 Å². The molecule has 1 N–H and O–H groups in total. The summed E-state index contributed by atoms with van der Waals surface area (Å²) in [5.41, 5.74) is -0.531. The predicted molar refractivity (Wildman–Crippen MR) is 82.3 cm³/mol. The first-order valence-corrected chi connectivity index (χ1v) is 8.11. The molecule has 1 aromatic rings. The molecule has 0 saturated heterocycles. The molecule has 1 heterocycles. The lowest BCUT2D eigenvalue weighted by molar-refractivity contribution is 0.0500. The molecule has 0 fully saturated rings. The highest BCUT2D eigenvalue weighted by atomic mass is 32.2. The quantitative estimate of drug-likeness (QED) is 0.805. The molecule has 1 aromatic heterocycles. The molecule has 0 bridgehead atoms. The van der Waals surface area contributed by atoms with E-state index in [-0.39, 0.29) is 6.04 Å². The van der Waals surface area contributed by atoms with E-state index >= 15 is 0 Å². The van der Waals surface area contributed by atoms with E-state index in [1.54, 1.807) is 6.92 Å². The Labute approximate surface area is 130 Å². The maximum atomic E-state index is 11.7. The van der Waals surface area contributed by atoms with Crippen LogP contribution in [0.25, 0.3) is 0 Å². The summed E-state index contributed by atoms with van der Waals surface area (Å²) in [6.07, 6.45) is 0.593. The molecule has 0 spiro atoms. The monoisotopic (exact) mass is 315 g/mol. The summed E-state index contributed by atoms with van der Waals surface area (Å²) in [7, 11) is 0. The van der Waals surface area contributed by atoms with Crippen molar-refractivity contribution >= 4 is 17.9 Å². The average Bonchev–Trinajstić information content (AvgIpc) is 2.74. The number of carbonyl (C=O) groups excluding carboxylic acids is 1. The van der Waals surface area contributed by atoms with E-state index in [2.05, 4.69) is 29.4 Å². The van der Waals surface area contributed by atoms with E-state index in [0.29, 0.717) is 17.0 Å². The zero-order valence-corrected chi connectivity index (χ0v) is 14.4. The molecule has 120 valence electrons. The van der Waals surface area contributed by atoms with Gasteiger partial charge in [-0.05, 0) is 40.0 Å². The summed E-state index contributed by atoms with van der Waals surface area (Å²) >= 11 is 1.53. The summed E-state index contributed by atoms with van der Waals surface area (Å²) in [4.78, 5) is 11.7. The Morgan fingerprint density at radius 1 is 1.33 bits per heavy atom. The van der Waals surface area contributed by atoms with Gasteiger partial charge in [0.25, 0.3) is 5.22 Å². The lowest BCUT2D eigenvalue weighted by Crippen LogP contribution is -2.34. The van der Waals surface area contributed by atoms with Gasteiger partial charge in [0.1, 0.15) is 11.6 Å². The number of carbonyl (C=O) groups is 1. The summed E-state index contributed by atoms with van der Waals surface area (Å²) in [6.45, 7) is 11.6. The maximum absolute atomic E-state index is 11.7. The van der Waals surface area contributed by atoms with E-state index in [9.17, 15) is 4.79 Å². The van der Waals surface area contributed by atoms with Gasteiger partial charge in [-0.25, -0.2) is 4.79 Å². The van der Waals surface area contributed by atoms with Crippen LogP contribution in [0, 0.1) is 5.92 Å². The smallest absolute Gasteiger partial charge is 0.408 e.